The second-order valence-corrected chi connectivity index (χ2v) is 8.47. The predicted octanol–water partition coefficient (Wildman–Crippen LogP) is 4.91. The lowest BCUT2D eigenvalue weighted by molar-refractivity contribution is -0.0988. The molecule has 4 unspecified atom stereocenters. The molecule has 0 N–H and O–H groups in total. The lowest BCUT2D eigenvalue weighted by atomic mass is 9.34. The maximum absolute atomic E-state index is 2.57. The third-order valence-electron chi connectivity index (χ3n) is 7.41. The lowest BCUT2D eigenvalue weighted by Crippen LogP contribution is -2.54. The first-order chi connectivity index (χ1) is 8.50. The van der Waals surface area contributed by atoms with Crippen molar-refractivity contribution in [3.8, 4) is 0 Å². The van der Waals surface area contributed by atoms with E-state index in [1.807, 2.05) is 0 Å². The van der Waals surface area contributed by atoms with Crippen molar-refractivity contribution in [2.24, 2.45) is 29.1 Å². The Balaban J connectivity index is 1.61. The number of hydrogen-bond acceptors (Lipinski definition) is 0. The van der Waals surface area contributed by atoms with E-state index < -0.39 is 0 Å². The molecule has 102 valence electrons. The summed E-state index contributed by atoms with van der Waals surface area (Å²) >= 11 is 0. The van der Waals surface area contributed by atoms with E-state index in [9.17, 15) is 0 Å². The van der Waals surface area contributed by atoms with Crippen LogP contribution in [0.4, 0.5) is 0 Å². The van der Waals surface area contributed by atoms with Crippen molar-refractivity contribution in [1.82, 2.24) is 0 Å². The van der Waals surface area contributed by atoms with Crippen LogP contribution in [0, 0.1) is 29.1 Å². The maximum Gasteiger partial charge on any atom is 0.128 e. The summed E-state index contributed by atoms with van der Waals surface area (Å²) in [6.45, 7) is 10.1. The summed E-state index contributed by atoms with van der Waals surface area (Å²) in [7, 11) is 1.56. The molecule has 18 heavy (non-hydrogen) atoms. The van der Waals surface area contributed by atoms with Crippen LogP contribution >= 0.6 is 0 Å². The van der Waals surface area contributed by atoms with Gasteiger partial charge in [-0.05, 0) is 35.5 Å². The van der Waals surface area contributed by atoms with Crippen LogP contribution in [0.1, 0.15) is 66.2 Å². The van der Waals surface area contributed by atoms with Gasteiger partial charge in [-0.25, -0.2) is 0 Å². The largest absolute Gasteiger partial charge is 0.128 e. The highest BCUT2D eigenvalue weighted by Crippen LogP contribution is 2.65. The molecule has 4 aliphatic carbocycles. The number of hydrogen-bond donors (Lipinski definition) is 0. The zero-order valence-electron chi connectivity index (χ0n) is 12.9. The summed E-state index contributed by atoms with van der Waals surface area (Å²) in [5.74, 6) is 6.23. The Morgan fingerprint density at radius 2 is 1.67 bits per heavy atom. The molecule has 4 aliphatic rings. The molecule has 0 aromatic rings. The normalized spacial score (nSPS) is 50.4. The van der Waals surface area contributed by atoms with Crippen molar-refractivity contribution >= 4 is 7.28 Å². The fraction of sp³-hybridized carbons (Fsp3) is 1.00. The molecule has 0 aromatic carbocycles. The van der Waals surface area contributed by atoms with Gasteiger partial charge < -0.3 is 0 Å². The van der Waals surface area contributed by atoms with Gasteiger partial charge in [-0.2, -0.15) is 0 Å². The molecule has 4 rings (SSSR count). The molecular formula is C17H31B. The zero-order valence-corrected chi connectivity index (χ0v) is 12.9. The van der Waals surface area contributed by atoms with Gasteiger partial charge in [-0.3, -0.25) is 0 Å². The summed E-state index contributed by atoms with van der Waals surface area (Å²) in [5, 5.41) is 0. The van der Waals surface area contributed by atoms with Crippen LogP contribution in [0.2, 0.25) is 11.6 Å². The van der Waals surface area contributed by atoms with E-state index in [0.717, 1.165) is 35.3 Å². The first kappa shape index (κ1) is 13.1. The van der Waals surface area contributed by atoms with Gasteiger partial charge in [0.1, 0.15) is 7.28 Å². The van der Waals surface area contributed by atoms with Crippen LogP contribution in [-0.2, 0) is 0 Å². The van der Waals surface area contributed by atoms with E-state index in [1.165, 1.54) is 25.7 Å². The van der Waals surface area contributed by atoms with E-state index in [1.54, 1.807) is 20.1 Å². The maximum atomic E-state index is 2.57. The predicted molar refractivity (Wildman–Crippen MR) is 81.4 cm³/mol. The third-order valence-corrected chi connectivity index (χ3v) is 7.41. The minimum atomic E-state index is 0.675. The number of fused-ring (bicyclic) bond motifs is 2. The van der Waals surface area contributed by atoms with E-state index in [2.05, 4.69) is 27.7 Å². The number of rotatable bonds is 2. The van der Waals surface area contributed by atoms with Crippen molar-refractivity contribution in [2.75, 3.05) is 0 Å². The Morgan fingerprint density at radius 3 is 2.28 bits per heavy atom. The fourth-order valence-electron chi connectivity index (χ4n) is 5.70. The topological polar surface area (TPSA) is 0 Å². The van der Waals surface area contributed by atoms with Crippen molar-refractivity contribution in [3.63, 3.8) is 0 Å². The van der Waals surface area contributed by atoms with Gasteiger partial charge in [0.05, 0.1) is 0 Å². The second kappa shape index (κ2) is 4.56. The van der Waals surface area contributed by atoms with Gasteiger partial charge in [-0.15, -0.1) is 0 Å². The van der Waals surface area contributed by atoms with Gasteiger partial charge >= 0.3 is 0 Å². The summed E-state index contributed by atoms with van der Waals surface area (Å²) in [6.07, 6.45) is 9.14. The molecule has 0 heterocycles. The molecule has 1 heteroatoms. The van der Waals surface area contributed by atoms with Crippen LogP contribution in [0.5, 0.6) is 0 Å². The van der Waals surface area contributed by atoms with Crippen LogP contribution in [0.15, 0.2) is 0 Å². The van der Waals surface area contributed by atoms with Gasteiger partial charge in [0, 0.05) is 0 Å². The van der Waals surface area contributed by atoms with Crippen LogP contribution in [0.25, 0.3) is 0 Å². The molecule has 2 bridgehead atoms. The van der Waals surface area contributed by atoms with E-state index >= 15 is 0 Å². The van der Waals surface area contributed by atoms with E-state index in [-0.39, 0.29) is 0 Å². The average molecular weight is 246 g/mol. The van der Waals surface area contributed by atoms with Crippen molar-refractivity contribution in [3.05, 3.63) is 0 Å². The molecule has 0 aliphatic heterocycles. The van der Waals surface area contributed by atoms with E-state index in [0.29, 0.717) is 5.41 Å². The lowest BCUT2D eigenvalue weighted by Gasteiger charge is -2.62. The van der Waals surface area contributed by atoms with E-state index in [4.69, 9.17) is 0 Å². The Bertz CT molecular complexity index is 309. The molecular weight excluding hydrogens is 215 g/mol. The Labute approximate surface area is 115 Å². The summed E-state index contributed by atoms with van der Waals surface area (Å²) in [4.78, 5) is 0. The Morgan fingerprint density at radius 1 is 0.944 bits per heavy atom. The minimum absolute atomic E-state index is 0.675. The molecule has 4 saturated carbocycles. The van der Waals surface area contributed by atoms with Crippen LogP contribution < -0.4 is 0 Å². The quantitative estimate of drug-likeness (QED) is 0.607. The molecule has 0 nitrogen and oxygen atoms in total. The summed E-state index contributed by atoms with van der Waals surface area (Å²) < 4.78 is 0. The molecule has 0 aromatic heterocycles. The molecule has 0 amide bonds. The smallest absolute Gasteiger partial charge is 0.0629 e. The summed E-state index contributed by atoms with van der Waals surface area (Å²) in [5.41, 5.74) is 0.675. The van der Waals surface area contributed by atoms with Gasteiger partial charge in [0.2, 0.25) is 0 Å². The highest BCUT2D eigenvalue weighted by atomic mass is 14.6. The van der Waals surface area contributed by atoms with Crippen LogP contribution in [-0.4, -0.2) is 7.28 Å². The van der Waals surface area contributed by atoms with Crippen LogP contribution in [0.3, 0.4) is 0 Å². The monoisotopic (exact) mass is 246 g/mol. The van der Waals surface area contributed by atoms with Gasteiger partial charge in [0.25, 0.3) is 0 Å². The van der Waals surface area contributed by atoms with Crippen molar-refractivity contribution < 1.29 is 0 Å². The zero-order chi connectivity index (χ0) is 12.9. The SMILES string of the molecule is CC1CCCCC1BC1C[C@H]2C[C@H](C1C)C2(C)C. The highest BCUT2D eigenvalue weighted by Gasteiger charge is 2.56. The molecule has 0 spiro atoms. The third kappa shape index (κ3) is 1.97. The fourth-order valence-corrected chi connectivity index (χ4v) is 5.70. The van der Waals surface area contributed by atoms with Gasteiger partial charge in [0.15, 0.2) is 0 Å². The Hall–Kier alpha value is 0.0649. The first-order valence-electron chi connectivity index (χ1n) is 8.50. The van der Waals surface area contributed by atoms with Gasteiger partial charge in [-0.1, -0.05) is 71.4 Å². The molecule has 0 saturated heterocycles. The standard InChI is InChI=1S/C17H31B/c1-11-7-5-6-8-15(11)18-16-10-13-9-14(12(16)2)17(13,3)4/h11-16,18H,5-10H2,1-4H3/t11?,12?,13-,14-,15?,16?/m1/s1. The average Bonchev–Trinajstić information content (AvgIpc) is 2.33. The van der Waals surface area contributed by atoms with Crippen molar-refractivity contribution in [1.29, 1.82) is 0 Å². The molecule has 0 radical (unpaired) electrons. The molecule has 6 atom stereocenters. The minimum Gasteiger partial charge on any atom is -0.0629 e. The molecule has 4 fully saturated rings. The second-order valence-electron chi connectivity index (χ2n) is 8.47. The highest BCUT2D eigenvalue weighted by molar-refractivity contribution is 6.40. The summed E-state index contributed by atoms with van der Waals surface area (Å²) in [6, 6.07) is 0. The first-order valence-corrected chi connectivity index (χ1v) is 8.50. The Kier molecular flexibility index (Phi) is 3.31. The van der Waals surface area contributed by atoms with Crippen molar-refractivity contribution in [2.45, 2.75) is 77.9 Å².